The van der Waals surface area contributed by atoms with Crippen LogP contribution in [-0.4, -0.2) is 72.5 Å². The van der Waals surface area contributed by atoms with E-state index in [9.17, 15) is 9.59 Å². The van der Waals surface area contributed by atoms with Crippen molar-refractivity contribution in [2.24, 2.45) is 5.92 Å². The molecule has 2 saturated heterocycles. The highest BCUT2D eigenvalue weighted by Crippen LogP contribution is 2.23. The van der Waals surface area contributed by atoms with Crippen LogP contribution in [0.4, 0.5) is 0 Å². The second kappa shape index (κ2) is 9.52. The van der Waals surface area contributed by atoms with E-state index in [0.29, 0.717) is 24.9 Å². The molecule has 0 saturated carbocycles. The van der Waals surface area contributed by atoms with E-state index >= 15 is 0 Å². The van der Waals surface area contributed by atoms with Gasteiger partial charge in [-0.1, -0.05) is 13.3 Å². The fourth-order valence-electron chi connectivity index (χ4n) is 3.52. The van der Waals surface area contributed by atoms with E-state index in [1.807, 2.05) is 16.7 Å². The van der Waals surface area contributed by atoms with Gasteiger partial charge in [-0.3, -0.25) is 14.5 Å². The monoisotopic (exact) mass is 342 g/mol. The Morgan fingerprint density at radius 1 is 1.13 bits per heavy atom. The van der Waals surface area contributed by atoms with Gasteiger partial charge in [0.15, 0.2) is 0 Å². The van der Waals surface area contributed by atoms with E-state index in [1.165, 1.54) is 26.4 Å². The number of thioether (sulfide) groups is 1. The van der Waals surface area contributed by atoms with Gasteiger partial charge in [0.2, 0.25) is 5.91 Å². The smallest absolute Gasteiger partial charge is 0.308 e. The SMILES string of the molecule is CCS[C@@H]1CCCCN(CC(=O)N2CCC(C(=O)OC)CC2)C1. The Morgan fingerprint density at radius 3 is 2.52 bits per heavy atom. The lowest BCUT2D eigenvalue weighted by molar-refractivity contribution is -0.149. The van der Waals surface area contributed by atoms with Crippen molar-refractivity contribution in [2.45, 2.75) is 44.3 Å². The van der Waals surface area contributed by atoms with Gasteiger partial charge in [0, 0.05) is 24.9 Å². The summed E-state index contributed by atoms with van der Waals surface area (Å²) in [6, 6.07) is 0. The van der Waals surface area contributed by atoms with Gasteiger partial charge < -0.3 is 9.64 Å². The number of esters is 1. The summed E-state index contributed by atoms with van der Waals surface area (Å²) < 4.78 is 4.80. The Hall–Kier alpha value is -0.750. The average Bonchev–Trinajstić information content (AvgIpc) is 2.79. The van der Waals surface area contributed by atoms with Crippen LogP contribution in [0.25, 0.3) is 0 Å². The summed E-state index contributed by atoms with van der Waals surface area (Å²) in [5.74, 6) is 1.19. The molecule has 23 heavy (non-hydrogen) atoms. The average molecular weight is 343 g/mol. The summed E-state index contributed by atoms with van der Waals surface area (Å²) >= 11 is 2.02. The molecule has 0 aromatic heterocycles. The molecule has 132 valence electrons. The van der Waals surface area contributed by atoms with Gasteiger partial charge >= 0.3 is 5.97 Å². The molecule has 2 aliphatic rings. The van der Waals surface area contributed by atoms with Crippen LogP contribution in [0, 0.1) is 5.92 Å². The second-order valence-electron chi connectivity index (χ2n) is 6.49. The maximum absolute atomic E-state index is 12.6. The van der Waals surface area contributed by atoms with E-state index in [2.05, 4.69) is 11.8 Å². The minimum absolute atomic E-state index is 0.0347. The zero-order chi connectivity index (χ0) is 16.7. The van der Waals surface area contributed by atoms with Crippen LogP contribution in [0.15, 0.2) is 0 Å². The molecule has 6 heteroatoms. The first-order valence-corrected chi connectivity index (χ1v) is 9.88. The molecule has 0 N–H and O–H groups in total. The normalized spacial score (nSPS) is 24.3. The number of nitrogens with zero attached hydrogens (tertiary/aromatic N) is 2. The standard InChI is InChI=1S/C17H30N2O3S/c1-3-23-15-6-4-5-9-18(12-15)13-16(20)19-10-7-14(8-11-19)17(21)22-2/h14-15H,3-13H2,1-2H3/t15-/m1/s1. The molecule has 0 unspecified atom stereocenters. The van der Waals surface area contributed by atoms with Crippen molar-refractivity contribution < 1.29 is 14.3 Å². The second-order valence-corrected chi connectivity index (χ2v) is 8.06. The van der Waals surface area contributed by atoms with Crippen LogP contribution in [0.1, 0.15) is 39.0 Å². The van der Waals surface area contributed by atoms with Crippen LogP contribution < -0.4 is 0 Å². The van der Waals surface area contributed by atoms with Crippen molar-refractivity contribution in [3.63, 3.8) is 0 Å². The molecule has 0 bridgehead atoms. The van der Waals surface area contributed by atoms with Crippen molar-refractivity contribution in [1.29, 1.82) is 0 Å². The molecular weight excluding hydrogens is 312 g/mol. The molecule has 1 amide bonds. The van der Waals surface area contributed by atoms with Crippen LogP contribution in [0.2, 0.25) is 0 Å². The highest BCUT2D eigenvalue weighted by Gasteiger charge is 2.29. The van der Waals surface area contributed by atoms with Crippen molar-refractivity contribution in [2.75, 3.05) is 45.6 Å². The van der Waals surface area contributed by atoms with E-state index in [0.717, 1.165) is 31.7 Å². The summed E-state index contributed by atoms with van der Waals surface area (Å²) in [5, 5.41) is 0.667. The number of likely N-dealkylation sites (tertiary alicyclic amines) is 2. The van der Waals surface area contributed by atoms with Crippen molar-refractivity contribution in [3.05, 3.63) is 0 Å². The van der Waals surface area contributed by atoms with Crippen molar-refractivity contribution in [3.8, 4) is 0 Å². The Labute approximate surface area is 144 Å². The molecule has 0 aromatic carbocycles. The number of carbonyl (C=O) groups is 2. The van der Waals surface area contributed by atoms with Crippen molar-refractivity contribution >= 4 is 23.6 Å². The Bertz CT molecular complexity index is 397. The van der Waals surface area contributed by atoms with Crippen LogP contribution in [-0.2, 0) is 14.3 Å². The lowest BCUT2D eigenvalue weighted by atomic mass is 9.97. The molecule has 1 atom stereocenters. The molecule has 0 spiro atoms. The third-order valence-electron chi connectivity index (χ3n) is 4.86. The minimum atomic E-state index is -0.135. The molecule has 2 rings (SSSR count). The number of methoxy groups -OCH3 is 1. The summed E-state index contributed by atoms with van der Waals surface area (Å²) in [6.45, 7) is 6.16. The number of piperidine rings is 1. The van der Waals surface area contributed by atoms with Gasteiger partial charge in [0.25, 0.3) is 0 Å². The van der Waals surface area contributed by atoms with Crippen LogP contribution in [0.5, 0.6) is 0 Å². The molecule has 0 aliphatic carbocycles. The minimum Gasteiger partial charge on any atom is -0.469 e. The number of hydrogen-bond acceptors (Lipinski definition) is 5. The van der Waals surface area contributed by atoms with E-state index in [4.69, 9.17) is 4.74 Å². The quantitative estimate of drug-likeness (QED) is 0.715. The van der Waals surface area contributed by atoms with E-state index < -0.39 is 0 Å². The van der Waals surface area contributed by atoms with E-state index in [-0.39, 0.29) is 17.8 Å². The third kappa shape index (κ3) is 5.68. The lowest BCUT2D eigenvalue weighted by Gasteiger charge is -2.33. The first kappa shape index (κ1) is 18.6. The first-order valence-electron chi connectivity index (χ1n) is 8.83. The number of carbonyl (C=O) groups excluding carboxylic acids is 2. The van der Waals surface area contributed by atoms with Crippen LogP contribution >= 0.6 is 11.8 Å². The van der Waals surface area contributed by atoms with Crippen molar-refractivity contribution in [1.82, 2.24) is 9.80 Å². The lowest BCUT2D eigenvalue weighted by Crippen LogP contribution is -2.46. The summed E-state index contributed by atoms with van der Waals surface area (Å²) in [6.07, 6.45) is 5.19. The maximum atomic E-state index is 12.6. The van der Waals surface area contributed by atoms with Gasteiger partial charge in [0.05, 0.1) is 19.6 Å². The summed E-state index contributed by atoms with van der Waals surface area (Å²) in [7, 11) is 1.43. The number of ether oxygens (including phenoxy) is 1. The summed E-state index contributed by atoms with van der Waals surface area (Å²) in [5.41, 5.74) is 0. The molecule has 5 nitrogen and oxygen atoms in total. The predicted molar refractivity (Wildman–Crippen MR) is 93.5 cm³/mol. The topological polar surface area (TPSA) is 49.9 Å². The zero-order valence-corrected chi connectivity index (χ0v) is 15.3. The van der Waals surface area contributed by atoms with Gasteiger partial charge in [-0.15, -0.1) is 0 Å². The first-order chi connectivity index (χ1) is 11.1. The highest BCUT2D eigenvalue weighted by atomic mass is 32.2. The van der Waals surface area contributed by atoms with E-state index in [1.54, 1.807) is 0 Å². The molecule has 2 aliphatic heterocycles. The van der Waals surface area contributed by atoms with Gasteiger partial charge in [-0.05, 0) is 38.0 Å². The van der Waals surface area contributed by atoms with Gasteiger partial charge in [-0.2, -0.15) is 11.8 Å². The number of hydrogen-bond donors (Lipinski definition) is 0. The Kier molecular flexibility index (Phi) is 7.70. The molecule has 0 aromatic rings. The molecule has 2 fully saturated rings. The largest absolute Gasteiger partial charge is 0.469 e. The molecule has 2 heterocycles. The van der Waals surface area contributed by atoms with Gasteiger partial charge in [0.1, 0.15) is 0 Å². The summed E-state index contributed by atoms with van der Waals surface area (Å²) in [4.78, 5) is 28.4. The zero-order valence-electron chi connectivity index (χ0n) is 14.5. The number of rotatable bonds is 5. The number of amides is 1. The third-order valence-corrected chi connectivity index (χ3v) is 6.05. The molecule has 0 radical (unpaired) electrons. The van der Waals surface area contributed by atoms with Gasteiger partial charge in [-0.25, -0.2) is 0 Å². The fourth-order valence-corrected chi connectivity index (χ4v) is 4.64. The fraction of sp³-hybridized carbons (Fsp3) is 0.882. The Balaban J connectivity index is 1.78. The highest BCUT2D eigenvalue weighted by molar-refractivity contribution is 7.99. The predicted octanol–water partition coefficient (Wildman–Crippen LogP) is 2.01. The van der Waals surface area contributed by atoms with Crippen LogP contribution in [0.3, 0.4) is 0 Å². The Morgan fingerprint density at radius 2 is 1.87 bits per heavy atom. The maximum Gasteiger partial charge on any atom is 0.308 e. The molecular formula is C17H30N2O3S.